The highest BCUT2D eigenvalue weighted by Gasteiger charge is 2.51. The Bertz CT molecular complexity index is 300. The fourth-order valence-corrected chi connectivity index (χ4v) is 1.38. The highest BCUT2D eigenvalue weighted by Crippen LogP contribution is 2.21. The maximum Gasteiger partial charge on any atom is 0.312 e. The number of esters is 1. The molecule has 0 aromatic carbocycles. The fourth-order valence-electron chi connectivity index (χ4n) is 1.38. The molecule has 0 rings (SSSR count). The van der Waals surface area contributed by atoms with Crippen LogP contribution < -0.4 is 0 Å². The van der Waals surface area contributed by atoms with E-state index < -0.39 is 34.7 Å². The predicted octanol–water partition coefficient (Wildman–Crippen LogP) is 1.20. The van der Waals surface area contributed by atoms with Crippen molar-refractivity contribution in [3.8, 4) is 0 Å². The molecule has 0 spiro atoms. The van der Waals surface area contributed by atoms with Crippen LogP contribution in [-0.4, -0.2) is 28.8 Å². The molecule has 0 aliphatic heterocycles. The number of ether oxygens (including phenoxy) is 1. The number of carbonyl (C=O) groups excluding carboxylic acids is 2. The molecule has 0 saturated carbocycles. The van der Waals surface area contributed by atoms with Crippen molar-refractivity contribution >= 4 is 11.8 Å². The molecule has 6 nitrogen and oxygen atoms in total. The quantitative estimate of drug-likeness (QED) is 0.389. The molecule has 0 aliphatic carbocycles. The summed E-state index contributed by atoms with van der Waals surface area (Å²) in [4.78, 5) is 32.8. The first-order valence-electron chi connectivity index (χ1n) is 5.10. The van der Waals surface area contributed by atoms with Crippen molar-refractivity contribution in [2.45, 2.75) is 39.7 Å². The Kier molecular flexibility index (Phi) is 5.07. The molecule has 0 N–H and O–H groups in total. The van der Waals surface area contributed by atoms with Gasteiger partial charge in [0, 0.05) is 24.2 Å². The topological polar surface area (TPSA) is 86.5 Å². The van der Waals surface area contributed by atoms with Gasteiger partial charge in [0.15, 0.2) is 6.61 Å². The molecular weight excluding hydrogens is 214 g/mol. The van der Waals surface area contributed by atoms with Crippen molar-refractivity contribution < 1.29 is 19.2 Å². The highest BCUT2D eigenvalue weighted by atomic mass is 16.6. The minimum atomic E-state index is -1.81. The second-order valence-electron chi connectivity index (χ2n) is 3.94. The van der Waals surface area contributed by atoms with Crippen molar-refractivity contribution in [3.05, 3.63) is 10.1 Å². The summed E-state index contributed by atoms with van der Waals surface area (Å²) in [5.41, 5.74) is -1.81. The Balaban J connectivity index is 5.08. The SMILES string of the molecule is CCC(COC(C)=O)(C(=O)C(C)C)[N+](=O)[O-]. The van der Waals surface area contributed by atoms with Gasteiger partial charge in [-0.2, -0.15) is 0 Å². The van der Waals surface area contributed by atoms with Crippen LogP contribution in [0.2, 0.25) is 0 Å². The largest absolute Gasteiger partial charge is 0.458 e. The Morgan fingerprint density at radius 2 is 1.94 bits per heavy atom. The zero-order valence-corrected chi connectivity index (χ0v) is 9.98. The van der Waals surface area contributed by atoms with Gasteiger partial charge >= 0.3 is 11.5 Å². The van der Waals surface area contributed by atoms with E-state index in [0.29, 0.717) is 0 Å². The standard InChI is InChI=1S/C10H17NO5/c1-5-10(11(14)15,6-16-8(4)12)9(13)7(2)3/h7H,5-6H2,1-4H3. The van der Waals surface area contributed by atoms with Crippen LogP contribution in [0.4, 0.5) is 0 Å². The van der Waals surface area contributed by atoms with E-state index in [1.807, 2.05) is 0 Å². The monoisotopic (exact) mass is 231 g/mol. The molecule has 0 saturated heterocycles. The molecule has 0 aromatic rings. The lowest BCUT2D eigenvalue weighted by Gasteiger charge is -2.23. The lowest BCUT2D eigenvalue weighted by Crippen LogP contribution is -2.52. The minimum Gasteiger partial charge on any atom is -0.458 e. The van der Waals surface area contributed by atoms with Crippen molar-refractivity contribution in [1.82, 2.24) is 0 Å². The number of ketones is 1. The number of carbonyl (C=O) groups is 2. The molecule has 0 radical (unpaired) electrons. The second kappa shape index (κ2) is 5.58. The molecule has 6 heteroatoms. The first-order chi connectivity index (χ1) is 7.27. The third-order valence-corrected chi connectivity index (χ3v) is 2.43. The highest BCUT2D eigenvalue weighted by molar-refractivity contribution is 5.89. The maximum atomic E-state index is 11.8. The lowest BCUT2D eigenvalue weighted by atomic mass is 9.86. The number of nitro groups is 1. The zero-order chi connectivity index (χ0) is 12.9. The van der Waals surface area contributed by atoms with E-state index in [1.165, 1.54) is 6.92 Å². The van der Waals surface area contributed by atoms with E-state index in [-0.39, 0.29) is 6.42 Å². The van der Waals surface area contributed by atoms with Gasteiger partial charge < -0.3 is 4.74 Å². The molecule has 0 fully saturated rings. The first kappa shape index (κ1) is 14.5. The van der Waals surface area contributed by atoms with E-state index in [1.54, 1.807) is 13.8 Å². The maximum absolute atomic E-state index is 11.8. The first-order valence-corrected chi connectivity index (χ1v) is 5.10. The third-order valence-electron chi connectivity index (χ3n) is 2.43. The van der Waals surface area contributed by atoms with Gasteiger partial charge in [0.05, 0.1) is 0 Å². The van der Waals surface area contributed by atoms with Crippen molar-refractivity contribution in [2.24, 2.45) is 5.92 Å². The van der Waals surface area contributed by atoms with Gasteiger partial charge in [0.1, 0.15) is 0 Å². The molecule has 16 heavy (non-hydrogen) atoms. The Labute approximate surface area is 94.1 Å². The Morgan fingerprint density at radius 1 is 1.44 bits per heavy atom. The average molecular weight is 231 g/mol. The van der Waals surface area contributed by atoms with Gasteiger partial charge in [-0.3, -0.25) is 19.7 Å². The van der Waals surface area contributed by atoms with E-state index in [4.69, 9.17) is 0 Å². The number of rotatable bonds is 6. The smallest absolute Gasteiger partial charge is 0.312 e. The lowest BCUT2D eigenvalue weighted by molar-refractivity contribution is -0.556. The van der Waals surface area contributed by atoms with E-state index >= 15 is 0 Å². The average Bonchev–Trinajstić information content (AvgIpc) is 2.17. The zero-order valence-electron chi connectivity index (χ0n) is 9.98. The van der Waals surface area contributed by atoms with Crippen LogP contribution in [0, 0.1) is 16.0 Å². The van der Waals surface area contributed by atoms with E-state index in [0.717, 1.165) is 6.92 Å². The summed E-state index contributed by atoms with van der Waals surface area (Å²) in [6, 6.07) is 0. The van der Waals surface area contributed by atoms with Crippen LogP contribution in [0.5, 0.6) is 0 Å². The summed E-state index contributed by atoms with van der Waals surface area (Å²) in [5.74, 6) is -1.61. The van der Waals surface area contributed by atoms with Crippen LogP contribution in [0.25, 0.3) is 0 Å². The van der Waals surface area contributed by atoms with Gasteiger partial charge in [0.25, 0.3) is 0 Å². The summed E-state index contributed by atoms with van der Waals surface area (Å²) in [6.45, 7) is 5.36. The molecule has 0 bridgehead atoms. The van der Waals surface area contributed by atoms with Gasteiger partial charge in [-0.15, -0.1) is 0 Å². The van der Waals surface area contributed by atoms with Gasteiger partial charge in [-0.1, -0.05) is 20.8 Å². The molecule has 0 aromatic heterocycles. The minimum absolute atomic E-state index is 0.00426. The molecule has 92 valence electrons. The van der Waals surface area contributed by atoms with Crippen LogP contribution in [-0.2, 0) is 14.3 Å². The van der Waals surface area contributed by atoms with E-state index in [9.17, 15) is 19.7 Å². The van der Waals surface area contributed by atoms with Gasteiger partial charge in [-0.25, -0.2) is 0 Å². The number of hydrogen-bond acceptors (Lipinski definition) is 5. The Morgan fingerprint density at radius 3 is 2.19 bits per heavy atom. The molecule has 1 atom stereocenters. The summed E-state index contributed by atoms with van der Waals surface area (Å²) < 4.78 is 4.63. The van der Waals surface area contributed by atoms with Crippen LogP contribution in [0.1, 0.15) is 34.1 Å². The second-order valence-corrected chi connectivity index (χ2v) is 3.94. The molecular formula is C10H17NO5. The van der Waals surface area contributed by atoms with Crippen molar-refractivity contribution in [1.29, 1.82) is 0 Å². The third kappa shape index (κ3) is 3.01. The summed E-state index contributed by atoms with van der Waals surface area (Å²) in [7, 11) is 0. The normalized spacial score (nSPS) is 14.3. The predicted molar refractivity (Wildman–Crippen MR) is 56.5 cm³/mol. The molecule has 0 amide bonds. The van der Waals surface area contributed by atoms with Crippen LogP contribution in [0.3, 0.4) is 0 Å². The summed E-state index contributed by atoms with van der Waals surface area (Å²) >= 11 is 0. The van der Waals surface area contributed by atoms with Gasteiger partial charge in [0.2, 0.25) is 5.78 Å². The van der Waals surface area contributed by atoms with Gasteiger partial charge in [-0.05, 0) is 0 Å². The molecule has 0 aliphatic rings. The van der Waals surface area contributed by atoms with Crippen LogP contribution in [0.15, 0.2) is 0 Å². The van der Waals surface area contributed by atoms with Crippen molar-refractivity contribution in [2.75, 3.05) is 6.61 Å². The van der Waals surface area contributed by atoms with Crippen molar-refractivity contribution in [3.63, 3.8) is 0 Å². The molecule has 1 unspecified atom stereocenters. The number of nitrogens with zero attached hydrogens (tertiary/aromatic N) is 1. The molecule has 0 heterocycles. The number of Topliss-reactive ketones (excluding diaryl/α,β-unsaturated/α-hetero) is 1. The Hall–Kier alpha value is -1.46. The van der Waals surface area contributed by atoms with Crippen LogP contribution >= 0.6 is 0 Å². The summed E-state index contributed by atoms with van der Waals surface area (Å²) in [5, 5.41) is 11.0. The summed E-state index contributed by atoms with van der Waals surface area (Å²) in [6.07, 6.45) is 0.00426. The fraction of sp³-hybridized carbons (Fsp3) is 0.800. The van der Waals surface area contributed by atoms with E-state index in [2.05, 4.69) is 4.74 Å². The number of hydrogen-bond donors (Lipinski definition) is 0.